The highest BCUT2D eigenvalue weighted by atomic mass is 79.9. The number of anilines is 1. The van der Waals surface area contributed by atoms with Gasteiger partial charge in [0.1, 0.15) is 0 Å². The standard InChI is InChI=1S/C18H18BrN/c1-13(2)5-3-6-15-7-4-8-17(18(15)20)14-9-11-16(19)12-10-14/h3-12H,20H2,1-2H3/b6-3-. The molecule has 2 heteroatoms. The predicted octanol–water partition coefficient (Wildman–Crippen LogP) is 5.68. The number of nitrogen functional groups attached to an aromatic ring is 1. The van der Waals surface area contributed by atoms with Crippen LogP contribution in [0.1, 0.15) is 19.4 Å². The SMILES string of the molecule is CC(C)=C/C=C\c1cccc(-c2ccc(Br)cc2)c1N. The first-order valence-corrected chi connectivity index (χ1v) is 7.33. The summed E-state index contributed by atoms with van der Waals surface area (Å²) in [5.74, 6) is 0. The van der Waals surface area contributed by atoms with Crippen molar-refractivity contribution in [1.29, 1.82) is 0 Å². The lowest BCUT2D eigenvalue weighted by atomic mass is 10.00. The second-order valence-electron chi connectivity index (χ2n) is 4.92. The highest BCUT2D eigenvalue weighted by Gasteiger charge is 2.04. The molecule has 0 amide bonds. The number of hydrogen-bond donors (Lipinski definition) is 1. The zero-order chi connectivity index (χ0) is 14.5. The van der Waals surface area contributed by atoms with E-state index < -0.39 is 0 Å². The third kappa shape index (κ3) is 3.61. The Morgan fingerprint density at radius 2 is 1.75 bits per heavy atom. The van der Waals surface area contributed by atoms with Crippen molar-refractivity contribution in [3.63, 3.8) is 0 Å². The maximum absolute atomic E-state index is 6.29. The van der Waals surface area contributed by atoms with Gasteiger partial charge in [0, 0.05) is 15.7 Å². The predicted molar refractivity (Wildman–Crippen MR) is 92.5 cm³/mol. The van der Waals surface area contributed by atoms with Crippen molar-refractivity contribution in [1.82, 2.24) is 0 Å². The zero-order valence-electron chi connectivity index (χ0n) is 11.7. The molecule has 0 aliphatic carbocycles. The van der Waals surface area contributed by atoms with E-state index in [4.69, 9.17) is 5.73 Å². The first-order chi connectivity index (χ1) is 9.58. The Morgan fingerprint density at radius 3 is 2.40 bits per heavy atom. The van der Waals surface area contributed by atoms with Crippen LogP contribution in [0.5, 0.6) is 0 Å². The summed E-state index contributed by atoms with van der Waals surface area (Å²) < 4.78 is 1.07. The van der Waals surface area contributed by atoms with Crippen molar-refractivity contribution in [2.75, 3.05) is 5.73 Å². The fourth-order valence-corrected chi connectivity index (χ4v) is 2.22. The number of rotatable bonds is 3. The third-order valence-electron chi connectivity index (χ3n) is 3.00. The molecule has 2 N–H and O–H groups in total. The van der Waals surface area contributed by atoms with Crippen molar-refractivity contribution in [2.24, 2.45) is 0 Å². The molecule has 0 aliphatic rings. The van der Waals surface area contributed by atoms with Gasteiger partial charge in [-0.2, -0.15) is 0 Å². The third-order valence-corrected chi connectivity index (χ3v) is 3.53. The Kier molecular flexibility index (Phi) is 4.80. The van der Waals surface area contributed by atoms with Gasteiger partial charge in [0.15, 0.2) is 0 Å². The molecule has 0 saturated carbocycles. The van der Waals surface area contributed by atoms with Gasteiger partial charge in [0.2, 0.25) is 0 Å². The normalized spacial score (nSPS) is 10.8. The van der Waals surface area contributed by atoms with Crippen molar-refractivity contribution >= 4 is 27.7 Å². The van der Waals surface area contributed by atoms with E-state index in [1.165, 1.54) is 5.57 Å². The molecule has 2 rings (SSSR count). The van der Waals surface area contributed by atoms with Gasteiger partial charge in [-0.1, -0.05) is 70.1 Å². The van der Waals surface area contributed by atoms with Crippen LogP contribution in [-0.2, 0) is 0 Å². The fraction of sp³-hybridized carbons (Fsp3) is 0.111. The van der Waals surface area contributed by atoms with E-state index in [1.807, 2.05) is 36.4 Å². The van der Waals surface area contributed by atoms with Gasteiger partial charge >= 0.3 is 0 Å². The van der Waals surface area contributed by atoms with Gasteiger partial charge < -0.3 is 5.73 Å². The molecular weight excluding hydrogens is 310 g/mol. The minimum Gasteiger partial charge on any atom is -0.398 e. The largest absolute Gasteiger partial charge is 0.398 e. The second-order valence-corrected chi connectivity index (χ2v) is 5.83. The fourth-order valence-electron chi connectivity index (χ4n) is 1.95. The molecule has 102 valence electrons. The van der Waals surface area contributed by atoms with E-state index >= 15 is 0 Å². The summed E-state index contributed by atoms with van der Waals surface area (Å²) >= 11 is 3.45. The molecule has 1 nitrogen and oxygen atoms in total. The second kappa shape index (κ2) is 6.58. The first kappa shape index (κ1) is 14.6. The highest BCUT2D eigenvalue weighted by molar-refractivity contribution is 9.10. The van der Waals surface area contributed by atoms with E-state index in [9.17, 15) is 0 Å². The molecule has 0 saturated heterocycles. The van der Waals surface area contributed by atoms with E-state index in [2.05, 4.69) is 54.1 Å². The van der Waals surface area contributed by atoms with E-state index in [0.29, 0.717) is 0 Å². The molecule has 2 aromatic rings. The summed E-state index contributed by atoms with van der Waals surface area (Å²) in [7, 11) is 0. The molecular formula is C18H18BrN. The maximum Gasteiger partial charge on any atom is 0.0467 e. The van der Waals surface area contributed by atoms with Gasteiger partial charge in [-0.3, -0.25) is 0 Å². The zero-order valence-corrected chi connectivity index (χ0v) is 13.3. The molecule has 0 aliphatic heterocycles. The summed E-state index contributed by atoms with van der Waals surface area (Å²) in [5, 5.41) is 0. The number of para-hydroxylation sites is 1. The van der Waals surface area contributed by atoms with Gasteiger partial charge in [-0.05, 0) is 37.1 Å². The molecule has 20 heavy (non-hydrogen) atoms. The van der Waals surface area contributed by atoms with Crippen LogP contribution in [0.4, 0.5) is 5.69 Å². The van der Waals surface area contributed by atoms with Crippen molar-refractivity contribution < 1.29 is 0 Å². The molecule has 0 aromatic heterocycles. The van der Waals surface area contributed by atoms with Crippen molar-refractivity contribution in [2.45, 2.75) is 13.8 Å². The van der Waals surface area contributed by atoms with E-state index in [1.54, 1.807) is 0 Å². The summed E-state index contributed by atoms with van der Waals surface area (Å²) in [6, 6.07) is 14.3. The summed E-state index contributed by atoms with van der Waals surface area (Å²) in [6.45, 7) is 4.15. The highest BCUT2D eigenvalue weighted by Crippen LogP contribution is 2.30. The molecule has 0 spiro atoms. The van der Waals surface area contributed by atoms with Gasteiger partial charge in [-0.15, -0.1) is 0 Å². The summed E-state index contributed by atoms with van der Waals surface area (Å²) in [4.78, 5) is 0. The monoisotopic (exact) mass is 327 g/mol. The van der Waals surface area contributed by atoms with Crippen molar-refractivity contribution in [3.05, 3.63) is 70.2 Å². The van der Waals surface area contributed by atoms with Crippen LogP contribution < -0.4 is 5.73 Å². The average Bonchev–Trinajstić information content (AvgIpc) is 2.41. The molecule has 0 atom stereocenters. The minimum atomic E-state index is 0.813. The molecule has 0 bridgehead atoms. The van der Waals surface area contributed by atoms with Gasteiger partial charge in [0.25, 0.3) is 0 Å². The number of allylic oxidation sites excluding steroid dienone is 3. The molecule has 0 unspecified atom stereocenters. The van der Waals surface area contributed by atoms with Gasteiger partial charge in [-0.25, -0.2) is 0 Å². The van der Waals surface area contributed by atoms with Crippen LogP contribution in [0, 0.1) is 0 Å². The maximum atomic E-state index is 6.29. The molecule has 0 fully saturated rings. The average molecular weight is 328 g/mol. The Bertz CT molecular complexity index is 648. The summed E-state index contributed by atoms with van der Waals surface area (Å²) in [6.07, 6.45) is 6.16. The number of hydrogen-bond acceptors (Lipinski definition) is 1. The van der Waals surface area contributed by atoms with Crippen LogP contribution in [0.15, 0.2) is 64.7 Å². The quantitative estimate of drug-likeness (QED) is 0.569. The van der Waals surface area contributed by atoms with Gasteiger partial charge in [0.05, 0.1) is 0 Å². The van der Waals surface area contributed by atoms with Crippen molar-refractivity contribution in [3.8, 4) is 11.1 Å². The Morgan fingerprint density at radius 1 is 1.05 bits per heavy atom. The number of nitrogens with two attached hydrogens (primary N) is 1. The van der Waals surface area contributed by atoms with Crippen LogP contribution in [0.25, 0.3) is 17.2 Å². The lowest BCUT2D eigenvalue weighted by Gasteiger charge is -2.09. The van der Waals surface area contributed by atoms with E-state index in [-0.39, 0.29) is 0 Å². The smallest absolute Gasteiger partial charge is 0.0467 e. The van der Waals surface area contributed by atoms with E-state index in [0.717, 1.165) is 26.9 Å². The Balaban J connectivity index is 2.39. The molecule has 0 radical (unpaired) electrons. The lowest BCUT2D eigenvalue weighted by molar-refractivity contribution is 1.40. The number of benzene rings is 2. The topological polar surface area (TPSA) is 26.0 Å². The molecule has 0 heterocycles. The van der Waals surface area contributed by atoms with Crippen LogP contribution in [-0.4, -0.2) is 0 Å². The van der Waals surface area contributed by atoms with Crippen LogP contribution in [0.2, 0.25) is 0 Å². The molecule has 2 aromatic carbocycles. The summed E-state index contributed by atoms with van der Waals surface area (Å²) in [5.41, 5.74) is 11.6. The Labute approximate surface area is 129 Å². The van der Waals surface area contributed by atoms with Crippen LogP contribution >= 0.6 is 15.9 Å². The minimum absolute atomic E-state index is 0.813. The lowest BCUT2D eigenvalue weighted by Crippen LogP contribution is -1.93. The van der Waals surface area contributed by atoms with Crippen LogP contribution in [0.3, 0.4) is 0 Å². The number of halogens is 1. The first-order valence-electron chi connectivity index (χ1n) is 6.54. The Hall–Kier alpha value is -1.80.